The summed E-state index contributed by atoms with van der Waals surface area (Å²) in [5.74, 6) is -0.227. The van der Waals surface area contributed by atoms with Crippen molar-refractivity contribution in [2.45, 2.75) is 6.61 Å². The van der Waals surface area contributed by atoms with Crippen LogP contribution in [0.3, 0.4) is 0 Å². The summed E-state index contributed by atoms with van der Waals surface area (Å²) in [5.41, 5.74) is 0.403. The third kappa shape index (κ3) is 2.77. The van der Waals surface area contributed by atoms with Crippen LogP contribution in [0.5, 0.6) is 11.6 Å². The summed E-state index contributed by atoms with van der Waals surface area (Å²) >= 11 is 8.82. The first-order valence-corrected chi connectivity index (χ1v) is 6.01. The lowest BCUT2D eigenvalue weighted by molar-refractivity contribution is 0.274. The number of hydrogen-bond donors (Lipinski definition) is 1. The van der Waals surface area contributed by atoms with Crippen molar-refractivity contribution in [2.24, 2.45) is 0 Å². The standard InChI is InChI=1S/C11H7BrClFN2O2/c12-7-1-8(13)9(14)2-10(7)18-11-6(4-17)3-15-5-16-11/h1-3,5,17H,4H2. The highest BCUT2D eigenvalue weighted by molar-refractivity contribution is 9.10. The molecule has 4 nitrogen and oxygen atoms in total. The van der Waals surface area contributed by atoms with Crippen LogP contribution in [0.2, 0.25) is 5.02 Å². The van der Waals surface area contributed by atoms with E-state index in [0.29, 0.717) is 10.0 Å². The number of halogens is 3. The third-order valence-electron chi connectivity index (χ3n) is 2.10. The molecular weight excluding hydrogens is 326 g/mol. The Morgan fingerprint density at radius 2 is 2.22 bits per heavy atom. The fourth-order valence-electron chi connectivity index (χ4n) is 1.23. The van der Waals surface area contributed by atoms with Gasteiger partial charge in [0.2, 0.25) is 5.88 Å². The number of ether oxygens (including phenoxy) is 1. The molecule has 1 N–H and O–H groups in total. The second kappa shape index (κ2) is 5.60. The van der Waals surface area contributed by atoms with E-state index < -0.39 is 5.82 Å². The van der Waals surface area contributed by atoms with Crippen LogP contribution in [0.25, 0.3) is 0 Å². The smallest absolute Gasteiger partial charge is 0.227 e. The molecular formula is C11H7BrClFN2O2. The fraction of sp³-hybridized carbons (Fsp3) is 0.0909. The Morgan fingerprint density at radius 1 is 1.44 bits per heavy atom. The van der Waals surface area contributed by atoms with Crippen LogP contribution in [0.1, 0.15) is 5.56 Å². The topological polar surface area (TPSA) is 55.2 Å². The summed E-state index contributed by atoms with van der Waals surface area (Å²) in [6.07, 6.45) is 2.69. The number of aliphatic hydroxyl groups is 1. The zero-order valence-corrected chi connectivity index (χ0v) is 11.2. The summed E-state index contributed by atoms with van der Waals surface area (Å²) in [6, 6.07) is 2.52. The highest BCUT2D eigenvalue weighted by Crippen LogP contribution is 2.33. The molecule has 2 aromatic rings. The first-order valence-electron chi connectivity index (χ1n) is 4.84. The van der Waals surface area contributed by atoms with Gasteiger partial charge in [0, 0.05) is 12.3 Å². The van der Waals surface area contributed by atoms with E-state index in [-0.39, 0.29) is 23.3 Å². The Labute approximate surface area is 116 Å². The predicted octanol–water partition coefficient (Wildman–Crippen LogP) is 3.32. The molecule has 0 aliphatic rings. The Hall–Kier alpha value is -1.24. The number of hydrogen-bond acceptors (Lipinski definition) is 4. The lowest BCUT2D eigenvalue weighted by atomic mass is 10.3. The van der Waals surface area contributed by atoms with Crippen molar-refractivity contribution in [3.63, 3.8) is 0 Å². The van der Waals surface area contributed by atoms with E-state index in [1.54, 1.807) is 0 Å². The maximum atomic E-state index is 13.3. The highest BCUT2D eigenvalue weighted by atomic mass is 79.9. The van der Waals surface area contributed by atoms with Crippen molar-refractivity contribution in [1.29, 1.82) is 0 Å². The zero-order valence-electron chi connectivity index (χ0n) is 8.90. The van der Waals surface area contributed by atoms with Crippen LogP contribution in [0.4, 0.5) is 4.39 Å². The summed E-state index contributed by atoms with van der Waals surface area (Å²) in [6.45, 7) is -0.274. The van der Waals surface area contributed by atoms with Gasteiger partial charge in [0.15, 0.2) is 0 Å². The van der Waals surface area contributed by atoms with Crippen molar-refractivity contribution in [1.82, 2.24) is 9.97 Å². The first-order chi connectivity index (χ1) is 8.61. The summed E-state index contributed by atoms with van der Waals surface area (Å²) in [5, 5.41) is 9.08. The van der Waals surface area contributed by atoms with Gasteiger partial charge in [-0.25, -0.2) is 14.4 Å². The van der Waals surface area contributed by atoms with Gasteiger partial charge in [-0.2, -0.15) is 0 Å². The Kier molecular flexibility index (Phi) is 4.11. The predicted molar refractivity (Wildman–Crippen MR) is 67.1 cm³/mol. The van der Waals surface area contributed by atoms with Crippen LogP contribution < -0.4 is 4.74 Å². The van der Waals surface area contributed by atoms with E-state index in [1.165, 1.54) is 18.6 Å². The van der Waals surface area contributed by atoms with Crippen molar-refractivity contribution in [3.05, 3.63) is 45.5 Å². The van der Waals surface area contributed by atoms with Gasteiger partial charge >= 0.3 is 0 Å². The molecule has 0 saturated heterocycles. The van der Waals surface area contributed by atoms with E-state index in [4.69, 9.17) is 21.4 Å². The third-order valence-corrected chi connectivity index (χ3v) is 3.01. The van der Waals surface area contributed by atoms with E-state index in [1.807, 2.05) is 0 Å². The van der Waals surface area contributed by atoms with Crippen molar-refractivity contribution in [2.75, 3.05) is 0 Å². The quantitative estimate of drug-likeness (QED) is 0.876. The molecule has 0 bridgehead atoms. The van der Waals surface area contributed by atoms with Gasteiger partial charge in [-0.05, 0) is 22.0 Å². The molecule has 0 amide bonds. The van der Waals surface area contributed by atoms with Crippen LogP contribution >= 0.6 is 27.5 Å². The van der Waals surface area contributed by atoms with Crippen molar-refractivity contribution >= 4 is 27.5 Å². The normalized spacial score (nSPS) is 10.4. The monoisotopic (exact) mass is 332 g/mol. The molecule has 18 heavy (non-hydrogen) atoms. The molecule has 94 valence electrons. The highest BCUT2D eigenvalue weighted by Gasteiger charge is 2.11. The second-order valence-corrected chi connectivity index (χ2v) is 4.57. The van der Waals surface area contributed by atoms with Gasteiger partial charge < -0.3 is 9.84 Å². The largest absolute Gasteiger partial charge is 0.437 e. The average molecular weight is 334 g/mol. The summed E-state index contributed by atoms with van der Waals surface area (Å²) < 4.78 is 19.2. The summed E-state index contributed by atoms with van der Waals surface area (Å²) in [7, 11) is 0. The van der Waals surface area contributed by atoms with Crippen LogP contribution in [0, 0.1) is 5.82 Å². The van der Waals surface area contributed by atoms with Gasteiger partial charge in [-0.15, -0.1) is 0 Å². The van der Waals surface area contributed by atoms with Crippen LogP contribution in [-0.2, 0) is 6.61 Å². The van der Waals surface area contributed by atoms with Crippen LogP contribution in [0.15, 0.2) is 29.1 Å². The van der Waals surface area contributed by atoms with E-state index >= 15 is 0 Å². The minimum atomic E-state index is -0.602. The number of rotatable bonds is 3. The fourth-order valence-corrected chi connectivity index (χ4v) is 1.95. The molecule has 1 heterocycles. The molecule has 0 spiro atoms. The van der Waals surface area contributed by atoms with Gasteiger partial charge in [0.25, 0.3) is 0 Å². The molecule has 0 radical (unpaired) electrons. The average Bonchev–Trinajstić information content (AvgIpc) is 2.36. The molecule has 0 fully saturated rings. The molecule has 2 rings (SSSR count). The Morgan fingerprint density at radius 3 is 2.94 bits per heavy atom. The molecule has 1 aromatic carbocycles. The summed E-state index contributed by atoms with van der Waals surface area (Å²) in [4.78, 5) is 7.62. The zero-order chi connectivity index (χ0) is 13.1. The molecule has 0 unspecified atom stereocenters. The molecule has 7 heteroatoms. The van der Waals surface area contributed by atoms with E-state index in [9.17, 15) is 4.39 Å². The van der Waals surface area contributed by atoms with Gasteiger partial charge in [0.1, 0.15) is 17.9 Å². The SMILES string of the molecule is OCc1cncnc1Oc1cc(F)c(Cl)cc1Br. The Balaban J connectivity index is 2.37. The lowest BCUT2D eigenvalue weighted by Gasteiger charge is -2.09. The van der Waals surface area contributed by atoms with Crippen molar-refractivity contribution in [3.8, 4) is 11.6 Å². The van der Waals surface area contributed by atoms with Crippen molar-refractivity contribution < 1.29 is 14.2 Å². The number of benzene rings is 1. The molecule has 0 saturated carbocycles. The Bertz CT molecular complexity index is 583. The molecule has 0 aliphatic heterocycles. The van der Waals surface area contributed by atoms with Gasteiger partial charge in [0.05, 0.1) is 21.7 Å². The molecule has 0 aliphatic carbocycles. The lowest BCUT2D eigenvalue weighted by Crippen LogP contribution is -1.96. The number of aromatic nitrogens is 2. The minimum absolute atomic E-state index is 0.0145. The minimum Gasteiger partial charge on any atom is -0.437 e. The van der Waals surface area contributed by atoms with Gasteiger partial charge in [-0.1, -0.05) is 11.6 Å². The molecule has 1 aromatic heterocycles. The number of nitrogens with zero attached hydrogens (tertiary/aromatic N) is 2. The maximum Gasteiger partial charge on any atom is 0.227 e. The number of aliphatic hydroxyl groups excluding tert-OH is 1. The van der Waals surface area contributed by atoms with Gasteiger partial charge in [-0.3, -0.25) is 0 Å². The van der Waals surface area contributed by atoms with E-state index in [0.717, 1.165) is 6.07 Å². The second-order valence-electron chi connectivity index (χ2n) is 3.31. The first kappa shape index (κ1) is 13.2. The maximum absolute atomic E-state index is 13.3. The van der Waals surface area contributed by atoms with Crippen LogP contribution in [-0.4, -0.2) is 15.1 Å². The van der Waals surface area contributed by atoms with E-state index in [2.05, 4.69) is 25.9 Å². The molecule has 0 atom stereocenters.